The standard InChI is InChI=1S/C4H11NO2S/c1-4(2-3-5)8(6)7/h4H,2-3,5H2,1H3,(H,6,7). The van der Waals surface area contributed by atoms with Crippen LogP contribution < -0.4 is 5.73 Å². The molecule has 0 aromatic heterocycles. The zero-order valence-corrected chi connectivity index (χ0v) is 5.65. The summed E-state index contributed by atoms with van der Waals surface area (Å²) in [7, 11) is 0. The van der Waals surface area contributed by atoms with Crippen molar-refractivity contribution in [3.8, 4) is 0 Å². The van der Waals surface area contributed by atoms with Crippen LogP contribution in [0.3, 0.4) is 0 Å². The Morgan fingerprint density at radius 1 is 1.88 bits per heavy atom. The van der Waals surface area contributed by atoms with Crippen LogP contribution in [0, 0.1) is 0 Å². The lowest BCUT2D eigenvalue weighted by atomic mass is 10.3. The summed E-state index contributed by atoms with van der Waals surface area (Å²) in [5, 5.41) is -0.181. The molecule has 0 amide bonds. The molecule has 0 aliphatic carbocycles. The Morgan fingerprint density at radius 2 is 2.38 bits per heavy atom. The highest BCUT2D eigenvalue weighted by atomic mass is 32.2. The third kappa shape index (κ3) is 3.12. The maximum absolute atomic E-state index is 10.1. The molecule has 0 aliphatic rings. The second kappa shape index (κ2) is 4.00. The van der Waals surface area contributed by atoms with Gasteiger partial charge in [-0.1, -0.05) is 0 Å². The van der Waals surface area contributed by atoms with Crippen LogP contribution in [0.5, 0.6) is 0 Å². The van der Waals surface area contributed by atoms with Crippen molar-refractivity contribution < 1.29 is 8.76 Å². The molecule has 0 aromatic carbocycles. The molecule has 3 N–H and O–H groups in total. The molecule has 0 saturated carbocycles. The third-order valence-corrected chi connectivity index (χ3v) is 1.84. The van der Waals surface area contributed by atoms with Gasteiger partial charge >= 0.3 is 0 Å². The predicted octanol–water partition coefficient (Wildman–Crippen LogP) is -0.0546. The number of hydrogen-bond acceptors (Lipinski definition) is 2. The molecule has 8 heavy (non-hydrogen) atoms. The van der Waals surface area contributed by atoms with Gasteiger partial charge in [-0.2, -0.15) is 0 Å². The minimum Gasteiger partial charge on any atom is -0.330 e. The van der Waals surface area contributed by atoms with Crippen LogP contribution in [0.15, 0.2) is 0 Å². The predicted molar refractivity (Wildman–Crippen MR) is 33.9 cm³/mol. The summed E-state index contributed by atoms with van der Waals surface area (Å²) in [6.45, 7) is 2.18. The lowest BCUT2D eigenvalue weighted by Gasteiger charge is -2.01. The number of hydrogen-bond donors (Lipinski definition) is 2. The Hall–Kier alpha value is 0.0700. The smallest absolute Gasteiger partial charge is 0.155 e. The lowest BCUT2D eigenvalue weighted by molar-refractivity contribution is 0.546. The fourth-order valence-electron chi connectivity index (χ4n) is 0.336. The molecular formula is C4H11NO2S. The first-order valence-electron chi connectivity index (χ1n) is 2.48. The first-order valence-corrected chi connectivity index (χ1v) is 3.65. The summed E-state index contributed by atoms with van der Waals surface area (Å²) < 4.78 is 18.5. The van der Waals surface area contributed by atoms with Crippen LogP contribution in [-0.2, 0) is 11.1 Å². The molecule has 0 spiro atoms. The first-order chi connectivity index (χ1) is 3.68. The highest BCUT2D eigenvalue weighted by Gasteiger charge is 2.04. The molecule has 0 aromatic rings. The van der Waals surface area contributed by atoms with Gasteiger partial charge in [0.15, 0.2) is 11.1 Å². The lowest BCUT2D eigenvalue weighted by Crippen LogP contribution is -2.14. The van der Waals surface area contributed by atoms with Crippen LogP contribution in [0.25, 0.3) is 0 Å². The van der Waals surface area contributed by atoms with Gasteiger partial charge in [0.1, 0.15) is 0 Å². The molecule has 3 nitrogen and oxygen atoms in total. The maximum Gasteiger partial charge on any atom is 0.155 e. The second-order valence-corrected chi connectivity index (χ2v) is 3.02. The molecule has 0 fully saturated rings. The van der Waals surface area contributed by atoms with E-state index in [1.165, 1.54) is 0 Å². The highest BCUT2D eigenvalue weighted by molar-refractivity contribution is 7.79. The SMILES string of the molecule is CC(CCN)S(=O)O. The van der Waals surface area contributed by atoms with Gasteiger partial charge in [-0.3, -0.25) is 0 Å². The third-order valence-electron chi connectivity index (χ3n) is 0.917. The van der Waals surface area contributed by atoms with Crippen molar-refractivity contribution in [3.63, 3.8) is 0 Å². The molecule has 0 saturated heterocycles. The maximum atomic E-state index is 10.1. The fourth-order valence-corrected chi connectivity index (χ4v) is 0.673. The zero-order chi connectivity index (χ0) is 6.57. The van der Waals surface area contributed by atoms with E-state index in [0.29, 0.717) is 13.0 Å². The van der Waals surface area contributed by atoms with E-state index >= 15 is 0 Å². The summed E-state index contributed by atoms with van der Waals surface area (Å²) in [5.41, 5.74) is 5.12. The highest BCUT2D eigenvalue weighted by Crippen LogP contribution is 1.94. The summed E-state index contributed by atoms with van der Waals surface area (Å²) in [6, 6.07) is 0. The van der Waals surface area contributed by atoms with Crippen LogP contribution in [0.1, 0.15) is 13.3 Å². The largest absolute Gasteiger partial charge is 0.330 e. The van der Waals surface area contributed by atoms with E-state index < -0.39 is 11.1 Å². The Balaban J connectivity index is 3.32. The van der Waals surface area contributed by atoms with Gasteiger partial charge in [0.05, 0.1) is 5.25 Å². The van der Waals surface area contributed by atoms with E-state index in [2.05, 4.69) is 0 Å². The average Bonchev–Trinajstić information content (AvgIpc) is 1.67. The van der Waals surface area contributed by atoms with Gasteiger partial charge in [-0.25, -0.2) is 4.21 Å². The summed E-state index contributed by atoms with van der Waals surface area (Å²) >= 11 is -1.69. The topological polar surface area (TPSA) is 63.3 Å². The number of rotatable bonds is 3. The van der Waals surface area contributed by atoms with Crippen LogP contribution in [-0.4, -0.2) is 20.6 Å². The molecule has 0 aliphatic heterocycles. The van der Waals surface area contributed by atoms with Crippen LogP contribution >= 0.6 is 0 Å². The van der Waals surface area contributed by atoms with Gasteiger partial charge in [-0.15, -0.1) is 0 Å². The molecule has 0 bridgehead atoms. The van der Waals surface area contributed by atoms with Crippen LogP contribution in [0.2, 0.25) is 0 Å². The van der Waals surface area contributed by atoms with E-state index in [4.69, 9.17) is 10.3 Å². The molecule has 0 rings (SSSR count). The minimum atomic E-state index is -1.69. The van der Waals surface area contributed by atoms with E-state index in [9.17, 15) is 4.21 Å². The molecule has 0 heterocycles. The molecular weight excluding hydrogens is 126 g/mol. The Morgan fingerprint density at radius 3 is 2.50 bits per heavy atom. The Kier molecular flexibility index (Phi) is 4.03. The molecule has 0 radical (unpaired) electrons. The minimum absolute atomic E-state index is 0.181. The van der Waals surface area contributed by atoms with Crippen molar-refractivity contribution in [1.29, 1.82) is 0 Å². The molecule has 50 valence electrons. The summed E-state index contributed by atoms with van der Waals surface area (Å²) in [6.07, 6.45) is 0.614. The van der Waals surface area contributed by atoms with Crippen molar-refractivity contribution in [2.75, 3.05) is 6.54 Å². The van der Waals surface area contributed by atoms with Crippen molar-refractivity contribution in [2.45, 2.75) is 18.6 Å². The fraction of sp³-hybridized carbons (Fsp3) is 1.00. The monoisotopic (exact) mass is 137 g/mol. The van der Waals surface area contributed by atoms with Gasteiger partial charge < -0.3 is 10.3 Å². The van der Waals surface area contributed by atoms with Crippen molar-refractivity contribution in [2.24, 2.45) is 5.73 Å². The summed E-state index contributed by atoms with van der Waals surface area (Å²) in [4.78, 5) is 0. The number of nitrogens with two attached hydrogens (primary N) is 1. The average molecular weight is 137 g/mol. The normalized spacial score (nSPS) is 17.9. The van der Waals surface area contributed by atoms with Gasteiger partial charge in [0, 0.05) is 0 Å². The van der Waals surface area contributed by atoms with E-state index in [1.54, 1.807) is 6.92 Å². The second-order valence-electron chi connectivity index (χ2n) is 1.66. The van der Waals surface area contributed by atoms with Crippen LogP contribution in [0.4, 0.5) is 0 Å². The Bertz CT molecular complexity index is 86.1. The molecule has 2 unspecified atom stereocenters. The van der Waals surface area contributed by atoms with E-state index in [-0.39, 0.29) is 5.25 Å². The first kappa shape index (κ1) is 8.07. The molecule has 4 heteroatoms. The van der Waals surface area contributed by atoms with E-state index in [1.807, 2.05) is 0 Å². The van der Waals surface area contributed by atoms with Crippen molar-refractivity contribution >= 4 is 11.1 Å². The zero-order valence-electron chi connectivity index (χ0n) is 4.83. The summed E-state index contributed by atoms with van der Waals surface area (Å²) in [5.74, 6) is 0. The van der Waals surface area contributed by atoms with E-state index in [0.717, 1.165) is 0 Å². The quantitative estimate of drug-likeness (QED) is 0.536. The van der Waals surface area contributed by atoms with Crippen molar-refractivity contribution in [1.82, 2.24) is 0 Å². The van der Waals surface area contributed by atoms with Crippen molar-refractivity contribution in [3.05, 3.63) is 0 Å². The Labute approximate surface area is 51.6 Å². The van der Waals surface area contributed by atoms with Gasteiger partial charge in [0.2, 0.25) is 0 Å². The molecule has 2 atom stereocenters. The van der Waals surface area contributed by atoms with Gasteiger partial charge in [0.25, 0.3) is 0 Å². The van der Waals surface area contributed by atoms with Gasteiger partial charge in [-0.05, 0) is 19.9 Å².